The number of hydrogen-bond donors (Lipinski definition) is 1. The topological polar surface area (TPSA) is 127 Å². The molecule has 248 valence electrons. The summed E-state index contributed by atoms with van der Waals surface area (Å²) in [6, 6.07) is 10.5. The van der Waals surface area contributed by atoms with E-state index in [1.54, 1.807) is 72.7 Å². The van der Waals surface area contributed by atoms with E-state index < -0.39 is 49.2 Å². The fourth-order valence-corrected chi connectivity index (χ4v) is 6.35. The van der Waals surface area contributed by atoms with Gasteiger partial charge < -0.3 is 5.32 Å². The van der Waals surface area contributed by atoms with E-state index in [9.17, 15) is 27.3 Å². The van der Waals surface area contributed by atoms with Gasteiger partial charge in [0.2, 0.25) is 0 Å². The molecule has 0 saturated carbocycles. The molecule has 0 aliphatic rings. The molecule has 1 N–H and O–H groups in total. The van der Waals surface area contributed by atoms with Crippen molar-refractivity contribution in [1.82, 2.24) is 24.6 Å². The van der Waals surface area contributed by atoms with Crippen LogP contribution in [0.1, 0.15) is 76.1 Å². The summed E-state index contributed by atoms with van der Waals surface area (Å²) in [4.78, 5) is 29.9. The summed E-state index contributed by atoms with van der Waals surface area (Å²) in [5.41, 5.74) is -2.43. The van der Waals surface area contributed by atoms with Crippen LogP contribution in [0.4, 0.5) is 13.2 Å². The third-order valence-corrected chi connectivity index (χ3v) is 8.49. The van der Waals surface area contributed by atoms with E-state index in [0.717, 1.165) is 10.9 Å². The molecular weight excluding hydrogens is 626 g/mol. The highest BCUT2D eigenvalue weighted by atomic mass is 31.2. The van der Waals surface area contributed by atoms with Gasteiger partial charge in [-0.3, -0.25) is 27.7 Å². The number of aromatic nitrogens is 4. The monoisotopic (exact) mass is 663 g/mol. The molecule has 4 aromatic rings. The molecule has 1 atom stereocenters. The van der Waals surface area contributed by atoms with Gasteiger partial charge in [0.15, 0.2) is 12.4 Å². The Labute approximate surface area is 264 Å². The molecule has 0 fully saturated rings. The Morgan fingerprint density at radius 2 is 1.67 bits per heavy atom. The predicted octanol–water partition coefficient (Wildman–Crippen LogP) is 6.96. The molecule has 0 spiro atoms. The normalized spacial score (nSPS) is 13.6. The Morgan fingerprint density at radius 1 is 1.02 bits per heavy atom. The molecule has 0 saturated heterocycles. The maximum atomic E-state index is 14.1. The van der Waals surface area contributed by atoms with Crippen LogP contribution in [0.25, 0.3) is 22.0 Å². The lowest BCUT2D eigenvalue weighted by molar-refractivity contribution is -0.141. The Morgan fingerprint density at radius 3 is 2.26 bits per heavy atom. The maximum Gasteiger partial charge on any atom is 0.477 e. The van der Waals surface area contributed by atoms with Gasteiger partial charge in [-0.2, -0.15) is 18.3 Å². The third-order valence-electron chi connectivity index (χ3n) is 6.52. The number of halogens is 3. The smallest absolute Gasteiger partial charge is 0.355 e. The second-order valence-corrected chi connectivity index (χ2v) is 14.1. The fraction of sp³-hybridized carbons (Fsp3) is 0.419. The van der Waals surface area contributed by atoms with E-state index in [-0.39, 0.29) is 27.9 Å². The molecule has 15 heteroatoms. The van der Waals surface area contributed by atoms with E-state index in [1.807, 2.05) is 0 Å². The number of carbonyl (C=O) groups excluding carboxylic acids is 1. The Bertz CT molecular complexity index is 1840. The Balaban J connectivity index is 1.68. The molecule has 4 rings (SSSR count). The zero-order valence-electron chi connectivity index (χ0n) is 26.8. The minimum Gasteiger partial charge on any atom is -0.355 e. The Hall–Kier alpha value is -3.84. The number of amides is 1. The second kappa shape index (κ2) is 12.7. The van der Waals surface area contributed by atoms with Gasteiger partial charge in [-0.1, -0.05) is 18.2 Å². The van der Waals surface area contributed by atoms with Crippen LogP contribution in [0.5, 0.6) is 0 Å². The molecule has 0 radical (unpaired) electrons. The highest BCUT2D eigenvalue weighted by molar-refractivity contribution is 7.48. The van der Waals surface area contributed by atoms with Crippen molar-refractivity contribution in [2.24, 2.45) is 0 Å². The number of phosphoric acid groups is 1. The average Bonchev–Trinajstić information content (AvgIpc) is 3.39. The standard InChI is InChI=1S/C31H37F3N5O6P/c1-19(20-10-9-11-22(14-20)27(40)35-8)39-17-36-25-15-21(12-13-23(25)28(39)41)24-16-38(37-26(24)31(32,33)34)18-43-46(42,44-29(2,3)4)45-30(5,6)7/h9-17,19H,18H2,1-8H3,(H,35,40)/t19-/m1/s1. The van der Waals surface area contributed by atoms with Gasteiger partial charge in [-0.05, 0) is 83.9 Å². The van der Waals surface area contributed by atoms with Crippen LogP contribution in [0, 0.1) is 0 Å². The molecule has 11 nitrogen and oxygen atoms in total. The van der Waals surface area contributed by atoms with Crippen LogP contribution >= 0.6 is 7.82 Å². The van der Waals surface area contributed by atoms with Crippen molar-refractivity contribution in [3.63, 3.8) is 0 Å². The van der Waals surface area contributed by atoms with Gasteiger partial charge in [0.1, 0.15) is 0 Å². The largest absolute Gasteiger partial charge is 0.477 e. The zero-order valence-corrected chi connectivity index (χ0v) is 27.7. The second-order valence-electron chi connectivity index (χ2n) is 12.6. The summed E-state index contributed by atoms with van der Waals surface area (Å²) in [7, 11) is -2.72. The minimum absolute atomic E-state index is 0.0992. The van der Waals surface area contributed by atoms with E-state index >= 15 is 0 Å². The van der Waals surface area contributed by atoms with Crippen molar-refractivity contribution < 1.29 is 36.1 Å². The number of alkyl halides is 3. The van der Waals surface area contributed by atoms with Gasteiger partial charge in [0.05, 0.1) is 34.5 Å². The van der Waals surface area contributed by atoms with Crippen LogP contribution in [0.3, 0.4) is 0 Å². The molecule has 1 amide bonds. The molecule has 2 aromatic heterocycles. The number of benzene rings is 2. The first kappa shape index (κ1) is 35.0. The summed E-state index contributed by atoms with van der Waals surface area (Å²) in [6.45, 7) is 10.9. The van der Waals surface area contributed by atoms with Crippen LogP contribution in [-0.2, 0) is 31.0 Å². The molecule has 0 bridgehead atoms. The summed E-state index contributed by atoms with van der Waals surface area (Å²) in [5, 5.41) is 6.41. The number of nitrogens with one attached hydrogen (secondary N) is 1. The highest BCUT2D eigenvalue weighted by Gasteiger charge is 2.40. The highest BCUT2D eigenvalue weighted by Crippen LogP contribution is 2.55. The van der Waals surface area contributed by atoms with E-state index in [4.69, 9.17) is 13.6 Å². The van der Waals surface area contributed by atoms with Crippen LogP contribution in [0.2, 0.25) is 0 Å². The van der Waals surface area contributed by atoms with Crippen LogP contribution < -0.4 is 10.9 Å². The molecule has 0 aliphatic carbocycles. The van der Waals surface area contributed by atoms with Gasteiger partial charge in [-0.15, -0.1) is 0 Å². The van der Waals surface area contributed by atoms with Crippen molar-refractivity contribution >= 4 is 24.6 Å². The lowest BCUT2D eigenvalue weighted by Crippen LogP contribution is -2.25. The van der Waals surface area contributed by atoms with Gasteiger partial charge in [-0.25, -0.2) is 14.2 Å². The number of phosphoric ester groups is 1. The van der Waals surface area contributed by atoms with Crippen LogP contribution in [-0.4, -0.2) is 43.5 Å². The first-order valence-corrected chi connectivity index (χ1v) is 15.8. The number of fused-ring (bicyclic) bond motifs is 1. The summed E-state index contributed by atoms with van der Waals surface area (Å²) in [5.74, 6) is -0.274. The van der Waals surface area contributed by atoms with Crippen LogP contribution in [0.15, 0.2) is 59.8 Å². The first-order chi connectivity index (χ1) is 21.2. The predicted molar refractivity (Wildman–Crippen MR) is 166 cm³/mol. The van der Waals surface area contributed by atoms with E-state index in [0.29, 0.717) is 11.1 Å². The number of hydrogen-bond acceptors (Lipinski definition) is 8. The quantitative estimate of drug-likeness (QED) is 0.191. The van der Waals surface area contributed by atoms with Gasteiger partial charge in [0.25, 0.3) is 11.5 Å². The zero-order chi connectivity index (χ0) is 34.2. The molecule has 0 unspecified atom stereocenters. The first-order valence-electron chi connectivity index (χ1n) is 14.3. The lowest BCUT2D eigenvalue weighted by Gasteiger charge is -2.30. The van der Waals surface area contributed by atoms with E-state index in [2.05, 4.69) is 15.4 Å². The van der Waals surface area contributed by atoms with Gasteiger partial charge >= 0.3 is 14.0 Å². The fourth-order valence-electron chi connectivity index (χ4n) is 4.60. The molecule has 0 aliphatic heterocycles. The summed E-state index contributed by atoms with van der Waals surface area (Å²) in [6.07, 6.45) is -2.43. The van der Waals surface area contributed by atoms with Crippen molar-refractivity contribution in [1.29, 1.82) is 0 Å². The maximum absolute atomic E-state index is 14.1. The van der Waals surface area contributed by atoms with E-state index in [1.165, 1.54) is 36.1 Å². The lowest BCUT2D eigenvalue weighted by atomic mass is 10.0. The molecule has 46 heavy (non-hydrogen) atoms. The third kappa shape index (κ3) is 8.30. The molecule has 2 heterocycles. The number of nitrogens with zero attached hydrogens (tertiary/aromatic N) is 4. The number of carbonyl (C=O) groups is 1. The van der Waals surface area contributed by atoms with Crippen molar-refractivity contribution in [3.05, 3.63) is 82.2 Å². The molecule has 2 aromatic carbocycles. The minimum atomic E-state index is -4.85. The summed E-state index contributed by atoms with van der Waals surface area (Å²) >= 11 is 0. The molecular formula is C31H37F3N5O6P. The SMILES string of the molecule is CNC(=O)c1cccc([C@@H](C)n2cnc3cc(-c4cn(COP(=O)(OC(C)(C)C)OC(C)(C)C)nc4C(F)(F)F)ccc3c2=O)c1. The van der Waals surface area contributed by atoms with Crippen molar-refractivity contribution in [3.8, 4) is 11.1 Å². The van der Waals surface area contributed by atoms with Crippen molar-refractivity contribution in [2.45, 2.75) is 78.6 Å². The summed E-state index contributed by atoms with van der Waals surface area (Å²) < 4.78 is 74.5. The average molecular weight is 664 g/mol. The van der Waals surface area contributed by atoms with Gasteiger partial charge in [0, 0.05) is 24.4 Å². The number of rotatable bonds is 9. The Kier molecular flexibility index (Phi) is 9.71. The van der Waals surface area contributed by atoms with Crippen molar-refractivity contribution in [2.75, 3.05) is 7.05 Å².